The van der Waals surface area contributed by atoms with Crippen molar-refractivity contribution in [1.29, 1.82) is 0 Å². The van der Waals surface area contributed by atoms with Crippen LogP contribution in [0.25, 0.3) is 21.6 Å². The summed E-state index contributed by atoms with van der Waals surface area (Å²) in [6.07, 6.45) is 6.28. The molecule has 0 atom stereocenters. The molecule has 7 nitrogen and oxygen atoms in total. The van der Waals surface area contributed by atoms with E-state index in [2.05, 4.69) is 24.8 Å². The first-order valence-electron chi connectivity index (χ1n) is 7.71. The van der Waals surface area contributed by atoms with Gasteiger partial charge in [-0.15, -0.1) is 0 Å². The minimum Gasteiger partial charge on any atom is -0.481 e. The van der Waals surface area contributed by atoms with E-state index in [1.807, 2.05) is 12.1 Å². The molecule has 0 saturated carbocycles. The summed E-state index contributed by atoms with van der Waals surface area (Å²) < 4.78 is 0. The second-order valence-corrected chi connectivity index (χ2v) is 6.70. The summed E-state index contributed by atoms with van der Waals surface area (Å²) in [6.45, 7) is 1.44. The molecular weight excluding hydrogens is 326 g/mol. The maximum Gasteiger partial charge on any atom is 0.306 e. The summed E-state index contributed by atoms with van der Waals surface area (Å²) in [6, 6.07) is 3.87. The number of hydrogen-bond donors (Lipinski definition) is 1. The predicted octanol–water partition coefficient (Wildman–Crippen LogP) is 2.45. The fraction of sp³-hybridized carbons (Fsp3) is 0.312. The Morgan fingerprint density at radius 3 is 2.62 bits per heavy atom. The third-order valence-corrected chi connectivity index (χ3v) is 5.24. The van der Waals surface area contributed by atoms with Crippen molar-refractivity contribution in [1.82, 2.24) is 19.9 Å². The van der Waals surface area contributed by atoms with Crippen molar-refractivity contribution in [3.05, 3.63) is 30.9 Å². The smallest absolute Gasteiger partial charge is 0.306 e. The fourth-order valence-corrected chi connectivity index (χ4v) is 3.84. The maximum atomic E-state index is 11.1. The monoisotopic (exact) mass is 341 g/mol. The molecule has 3 aromatic heterocycles. The van der Waals surface area contributed by atoms with Crippen LogP contribution < -0.4 is 4.90 Å². The minimum atomic E-state index is -0.699. The van der Waals surface area contributed by atoms with Gasteiger partial charge in [0.2, 0.25) is 0 Å². The molecule has 0 aromatic carbocycles. The lowest BCUT2D eigenvalue weighted by molar-refractivity contribution is -0.142. The number of aromatic nitrogens is 4. The molecule has 122 valence electrons. The van der Waals surface area contributed by atoms with Gasteiger partial charge in [0.1, 0.15) is 16.7 Å². The van der Waals surface area contributed by atoms with Crippen LogP contribution in [0.1, 0.15) is 12.8 Å². The SMILES string of the molecule is O=C(O)C1CCN(c2nc3ccc(-c4cncnc4)nc3s2)CC1. The quantitative estimate of drug-likeness (QED) is 0.782. The lowest BCUT2D eigenvalue weighted by Gasteiger charge is -2.29. The van der Waals surface area contributed by atoms with Crippen molar-refractivity contribution in [2.45, 2.75) is 12.8 Å². The van der Waals surface area contributed by atoms with Gasteiger partial charge in [-0.25, -0.2) is 19.9 Å². The zero-order valence-electron chi connectivity index (χ0n) is 12.8. The van der Waals surface area contributed by atoms with Crippen LogP contribution in [-0.4, -0.2) is 44.1 Å². The van der Waals surface area contributed by atoms with Crippen molar-refractivity contribution >= 4 is 32.8 Å². The summed E-state index contributed by atoms with van der Waals surface area (Å²) >= 11 is 1.54. The van der Waals surface area contributed by atoms with Gasteiger partial charge in [-0.3, -0.25) is 4.79 Å². The molecule has 0 aliphatic carbocycles. The van der Waals surface area contributed by atoms with E-state index in [4.69, 9.17) is 5.11 Å². The number of pyridine rings is 1. The number of piperidine rings is 1. The van der Waals surface area contributed by atoms with Crippen LogP contribution in [-0.2, 0) is 4.79 Å². The number of nitrogens with zero attached hydrogens (tertiary/aromatic N) is 5. The predicted molar refractivity (Wildman–Crippen MR) is 91.0 cm³/mol. The molecule has 4 rings (SSSR count). The molecule has 0 spiro atoms. The minimum absolute atomic E-state index is 0.238. The van der Waals surface area contributed by atoms with Crippen molar-refractivity contribution < 1.29 is 9.90 Å². The van der Waals surface area contributed by atoms with Crippen LogP contribution in [0.4, 0.5) is 5.13 Å². The molecule has 24 heavy (non-hydrogen) atoms. The van der Waals surface area contributed by atoms with E-state index < -0.39 is 5.97 Å². The highest BCUT2D eigenvalue weighted by atomic mass is 32.1. The summed E-state index contributed by atoms with van der Waals surface area (Å²) in [5, 5.41) is 10.0. The van der Waals surface area contributed by atoms with Gasteiger partial charge in [-0.2, -0.15) is 0 Å². The molecule has 4 heterocycles. The molecule has 1 N–H and O–H groups in total. The lowest BCUT2D eigenvalue weighted by atomic mass is 9.98. The van der Waals surface area contributed by atoms with Crippen LogP contribution in [0.2, 0.25) is 0 Å². The number of anilines is 1. The van der Waals surface area contributed by atoms with Gasteiger partial charge in [0.15, 0.2) is 5.13 Å². The van der Waals surface area contributed by atoms with Gasteiger partial charge in [-0.1, -0.05) is 11.3 Å². The highest BCUT2D eigenvalue weighted by molar-refractivity contribution is 7.21. The van der Waals surface area contributed by atoms with Gasteiger partial charge < -0.3 is 10.0 Å². The Kier molecular flexibility index (Phi) is 3.81. The lowest BCUT2D eigenvalue weighted by Crippen LogP contribution is -2.36. The normalized spacial score (nSPS) is 15.8. The molecular formula is C16H15N5O2S. The average molecular weight is 341 g/mol. The number of carboxylic acid groups (broad SMARTS) is 1. The second-order valence-electron chi connectivity index (χ2n) is 5.74. The van der Waals surface area contributed by atoms with E-state index >= 15 is 0 Å². The highest BCUT2D eigenvalue weighted by Crippen LogP contribution is 2.31. The molecule has 1 aliphatic heterocycles. The first kappa shape index (κ1) is 14.9. The Labute approximate surface area is 142 Å². The van der Waals surface area contributed by atoms with Crippen molar-refractivity contribution in [2.75, 3.05) is 18.0 Å². The third kappa shape index (κ3) is 2.80. The van der Waals surface area contributed by atoms with Crippen LogP contribution in [0.5, 0.6) is 0 Å². The van der Waals surface area contributed by atoms with Gasteiger partial charge in [-0.05, 0) is 25.0 Å². The Morgan fingerprint density at radius 2 is 1.92 bits per heavy atom. The van der Waals surface area contributed by atoms with Crippen LogP contribution in [0.3, 0.4) is 0 Å². The number of rotatable bonds is 3. The molecule has 1 saturated heterocycles. The maximum absolute atomic E-state index is 11.1. The molecule has 0 amide bonds. The van der Waals surface area contributed by atoms with E-state index in [0.29, 0.717) is 12.8 Å². The summed E-state index contributed by atoms with van der Waals surface area (Å²) in [5.74, 6) is -0.936. The van der Waals surface area contributed by atoms with E-state index in [1.165, 1.54) is 17.7 Å². The van der Waals surface area contributed by atoms with E-state index in [0.717, 1.165) is 39.8 Å². The van der Waals surface area contributed by atoms with Crippen LogP contribution >= 0.6 is 11.3 Å². The van der Waals surface area contributed by atoms with E-state index in [-0.39, 0.29) is 5.92 Å². The van der Waals surface area contributed by atoms with Gasteiger partial charge in [0, 0.05) is 31.0 Å². The first-order chi connectivity index (χ1) is 11.7. The third-order valence-electron chi connectivity index (χ3n) is 4.22. The second kappa shape index (κ2) is 6.12. The highest BCUT2D eigenvalue weighted by Gasteiger charge is 2.26. The molecule has 1 aliphatic rings. The Morgan fingerprint density at radius 1 is 1.17 bits per heavy atom. The van der Waals surface area contributed by atoms with Gasteiger partial charge >= 0.3 is 5.97 Å². The molecule has 8 heteroatoms. The summed E-state index contributed by atoms with van der Waals surface area (Å²) in [4.78, 5) is 31.4. The largest absolute Gasteiger partial charge is 0.481 e. The van der Waals surface area contributed by atoms with Gasteiger partial charge in [0.25, 0.3) is 0 Å². The zero-order chi connectivity index (χ0) is 16.5. The number of carboxylic acids is 1. The Hall–Kier alpha value is -2.61. The number of hydrogen-bond acceptors (Lipinski definition) is 7. The van der Waals surface area contributed by atoms with E-state index in [1.54, 1.807) is 12.4 Å². The molecule has 0 bridgehead atoms. The summed E-state index contributed by atoms with van der Waals surface area (Å²) in [7, 11) is 0. The van der Waals surface area contributed by atoms with E-state index in [9.17, 15) is 4.79 Å². The Balaban J connectivity index is 1.59. The zero-order valence-corrected chi connectivity index (χ0v) is 13.6. The average Bonchev–Trinajstić information content (AvgIpc) is 3.06. The molecule has 1 fully saturated rings. The van der Waals surface area contributed by atoms with Crippen LogP contribution in [0.15, 0.2) is 30.9 Å². The molecule has 3 aromatic rings. The number of fused-ring (bicyclic) bond motifs is 1. The first-order valence-corrected chi connectivity index (χ1v) is 8.53. The number of carbonyl (C=O) groups is 1. The topological polar surface area (TPSA) is 92.1 Å². The standard InChI is InChI=1S/C16H15N5O2S/c22-15(23)10-3-5-21(6-4-10)16-20-13-2-1-12(19-14(13)24-16)11-7-17-9-18-8-11/h1-2,7-10H,3-6H2,(H,22,23). The summed E-state index contributed by atoms with van der Waals surface area (Å²) in [5.41, 5.74) is 2.55. The molecule has 0 unspecified atom stereocenters. The number of aliphatic carboxylic acids is 1. The molecule has 0 radical (unpaired) electrons. The van der Waals surface area contributed by atoms with Crippen LogP contribution in [0, 0.1) is 5.92 Å². The van der Waals surface area contributed by atoms with Crippen molar-refractivity contribution in [3.8, 4) is 11.3 Å². The fourth-order valence-electron chi connectivity index (χ4n) is 2.85. The van der Waals surface area contributed by atoms with Gasteiger partial charge in [0.05, 0.1) is 11.6 Å². The van der Waals surface area contributed by atoms with Crippen molar-refractivity contribution in [3.63, 3.8) is 0 Å². The number of thiazole rings is 1. The van der Waals surface area contributed by atoms with Crippen molar-refractivity contribution in [2.24, 2.45) is 5.92 Å². The Bertz CT molecular complexity index is 875.